The minimum atomic E-state index is -0.539. The molecule has 10 nitrogen and oxygen atoms in total. The molecule has 1 aromatic carbocycles. The molecule has 0 N–H and O–H groups in total. The van der Waals surface area contributed by atoms with Crippen LogP contribution in [-0.4, -0.2) is 69.2 Å². The highest BCUT2D eigenvalue weighted by molar-refractivity contribution is 8.18. The van der Waals surface area contributed by atoms with E-state index in [1.165, 1.54) is 12.1 Å². The number of ether oxygens (including phenoxy) is 1. The Kier molecular flexibility index (Phi) is 5.87. The lowest BCUT2D eigenvalue weighted by atomic mass is 10.2. The van der Waals surface area contributed by atoms with E-state index in [2.05, 4.69) is 0 Å². The molecule has 0 bridgehead atoms. The summed E-state index contributed by atoms with van der Waals surface area (Å²) in [5.74, 6) is -0.838. The van der Waals surface area contributed by atoms with Crippen LogP contribution in [0.1, 0.15) is 5.69 Å². The Labute approximate surface area is 181 Å². The molecule has 2 aliphatic rings. The Morgan fingerprint density at radius 2 is 1.97 bits per heavy atom. The van der Waals surface area contributed by atoms with Crippen molar-refractivity contribution in [3.8, 4) is 5.69 Å². The van der Waals surface area contributed by atoms with Gasteiger partial charge in [0.15, 0.2) is 0 Å². The first-order chi connectivity index (χ1) is 14.9. The second-order valence-corrected chi connectivity index (χ2v) is 7.83. The first-order valence-corrected chi connectivity index (χ1v) is 10.3. The normalized spacial score (nSPS) is 18.1. The number of morpholine rings is 1. The van der Waals surface area contributed by atoms with E-state index in [-0.39, 0.29) is 23.0 Å². The Bertz CT molecular complexity index is 1090. The number of imide groups is 1. The molecule has 0 spiro atoms. The Hall–Kier alpha value is -3.44. The predicted molar refractivity (Wildman–Crippen MR) is 112 cm³/mol. The highest BCUT2D eigenvalue weighted by Crippen LogP contribution is 2.33. The van der Waals surface area contributed by atoms with Gasteiger partial charge in [-0.05, 0) is 36.0 Å². The zero-order valence-corrected chi connectivity index (χ0v) is 17.1. The molecule has 1 aromatic heterocycles. The molecule has 0 radical (unpaired) electrons. The Morgan fingerprint density at radius 3 is 2.71 bits per heavy atom. The SMILES string of the molecule is O=C(CN1C(=O)S/C(=C\c2cccn2-c2cccc([N+](=O)[O-])c2)C1=O)N1CCOCC1. The lowest BCUT2D eigenvalue weighted by Crippen LogP contribution is -2.46. The lowest BCUT2D eigenvalue weighted by molar-refractivity contribution is -0.384. The van der Waals surface area contributed by atoms with Crippen LogP contribution in [0.25, 0.3) is 11.8 Å². The molecule has 31 heavy (non-hydrogen) atoms. The molecule has 3 heterocycles. The van der Waals surface area contributed by atoms with Gasteiger partial charge in [-0.1, -0.05) is 6.07 Å². The quantitative estimate of drug-likeness (QED) is 0.396. The monoisotopic (exact) mass is 442 g/mol. The summed E-state index contributed by atoms with van der Waals surface area (Å²) in [6.45, 7) is 1.42. The number of hydrogen-bond acceptors (Lipinski definition) is 7. The number of nitrogens with zero attached hydrogens (tertiary/aromatic N) is 4. The molecule has 0 aliphatic carbocycles. The van der Waals surface area contributed by atoms with Crippen LogP contribution in [0.3, 0.4) is 0 Å². The van der Waals surface area contributed by atoms with Crippen molar-refractivity contribution < 1.29 is 24.0 Å². The topological polar surface area (TPSA) is 115 Å². The molecule has 160 valence electrons. The molecule has 0 atom stereocenters. The standard InChI is InChI=1S/C20H18N4O6S/c25-18(21-7-9-30-10-8-21)13-23-19(26)17(31-20(23)27)12-15-5-2-6-22(15)14-3-1-4-16(11-14)24(28)29/h1-6,11-12H,7-10,13H2/b17-12-. The van der Waals surface area contributed by atoms with Gasteiger partial charge in [-0.25, -0.2) is 0 Å². The van der Waals surface area contributed by atoms with E-state index >= 15 is 0 Å². The summed E-state index contributed by atoms with van der Waals surface area (Å²) in [5, 5.41) is 10.6. The number of nitro benzene ring substituents is 1. The first-order valence-electron chi connectivity index (χ1n) is 9.47. The molecule has 3 amide bonds. The second-order valence-electron chi connectivity index (χ2n) is 6.84. The summed E-state index contributed by atoms with van der Waals surface area (Å²) in [7, 11) is 0. The molecule has 0 saturated carbocycles. The molecular formula is C20H18N4O6S. The maximum Gasteiger partial charge on any atom is 0.294 e. The van der Waals surface area contributed by atoms with E-state index in [0.717, 1.165) is 16.7 Å². The van der Waals surface area contributed by atoms with Crippen molar-refractivity contribution in [1.82, 2.24) is 14.4 Å². The average Bonchev–Trinajstić information content (AvgIpc) is 3.34. The third-order valence-corrected chi connectivity index (χ3v) is 5.82. The van der Waals surface area contributed by atoms with Crippen LogP contribution in [0.5, 0.6) is 0 Å². The van der Waals surface area contributed by atoms with Gasteiger partial charge < -0.3 is 14.2 Å². The van der Waals surface area contributed by atoms with Gasteiger partial charge in [0, 0.05) is 37.1 Å². The molecule has 0 unspecified atom stereocenters. The number of thioether (sulfide) groups is 1. The van der Waals surface area contributed by atoms with Gasteiger partial charge in [0.2, 0.25) is 5.91 Å². The van der Waals surface area contributed by atoms with Crippen molar-refractivity contribution in [2.75, 3.05) is 32.8 Å². The number of carbonyl (C=O) groups excluding carboxylic acids is 3. The van der Waals surface area contributed by atoms with Gasteiger partial charge >= 0.3 is 0 Å². The number of benzene rings is 1. The van der Waals surface area contributed by atoms with Gasteiger partial charge in [-0.3, -0.25) is 29.4 Å². The molecular weight excluding hydrogens is 424 g/mol. The average molecular weight is 442 g/mol. The van der Waals surface area contributed by atoms with Crippen LogP contribution in [0.4, 0.5) is 10.5 Å². The Morgan fingerprint density at radius 1 is 1.19 bits per heavy atom. The van der Waals surface area contributed by atoms with Gasteiger partial charge in [0.05, 0.1) is 28.7 Å². The number of nitro groups is 1. The summed E-state index contributed by atoms with van der Waals surface area (Å²) in [6, 6.07) is 9.55. The van der Waals surface area contributed by atoms with Crippen LogP contribution in [0, 0.1) is 10.1 Å². The number of hydrogen-bond donors (Lipinski definition) is 0. The summed E-state index contributed by atoms with van der Waals surface area (Å²) in [4.78, 5) is 50.8. The molecule has 11 heteroatoms. The third-order valence-electron chi connectivity index (χ3n) is 4.91. The van der Waals surface area contributed by atoms with Gasteiger partial charge in [0.25, 0.3) is 16.8 Å². The van der Waals surface area contributed by atoms with E-state index in [9.17, 15) is 24.5 Å². The summed E-state index contributed by atoms with van der Waals surface area (Å²) in [5.41, 5.74) is 1.07. The zero-order valence-electron chi connectivity index (χ0n) is 16.3. The summed E-state index contributed by atoms with van der Waals surface area (Å²) in [6.07, 6.45) is 3.25. The van der Waals surface area contributed by atoms with Crippen LogP contribution in [0.15, 0.2) is 47.5 Å². The fraction of sp³-hybridized carbons (Fsp3) is 0.250. The van der Waals surface area contributed by atoms with Crippen LogP contribution in [0.2, 0.25) is 0 Å². The van der Waals surface area contributed by atoms with Crippen molar-refractivity contribution in [2.45, 2.75) is 0 Å². The van der Waals surface area contributed by atoms with Gasteiger partial charge in [-0.2, -0.15) is 0 Å². The lowest BCUT2D eigenvalue weighted by Gasteiger charge is -2.28. The highest BCUT2D eigenvalue weighted by atomic mass is 32.2. The maximum absolute atomic E-state index is 12.8. The van der Waals surface area contributed by atoms with Gasteiger partial charge in [-0.15, -0.1) is 0 Å². The highest BCUT2D eigenvalue weighted by Gasteiger charge is 2.37. The number of amides is 3. The molecule has 2 saturated heterocycles. The summed E-state index contributed by atoms with van der Waals surface area (Å²) >= 11 is 0.762. The number of rotatable bonds is 5. The Balaban J connectivity index is 1.54. The van der Waals surface area contributed by atoms with Crippen LogP contribution in [-0.2, 0) is 14.3 Å². The molecule has 4 rings (SSSR count). The van der Waals surface area contributed by atoms with Gasteiger partial charge in [0.1, 0.15) is 6.54 Å². The van der Waals surface area contributed by atoms with E-state index in [1.54, 1.807) is 46.0 Å². The van der Waals surface area contributed by atoms with Crippen molar-refractivity contribution >= 4 is 40.6 Å². The number of carbonyl (C=O) groups is 3. The molecule has 2 aliphatic heterocycles. The largest absolute Gasteiger partial charge is 0.378 e. The van der Waals surface area contributed by atoms with Crippen molar-refractivity contribution in [3.05, 3.63) is 63.3 Å². The second kappa shape index (κ2) is 8.74. The minimum absolute atomic E-state index is 0.0564. The zero-order chi connectivity index (χ0) is 22.0. The van der Waals surface area contributed by atoms with Crippen LogP contribution < -0.4 is 0 Å². The first kappa shape index (κ1) is 20.8. The number of aromatic nitrogens is 1. The predicted octanol–water partition coefficient (Wildman–Crippen LogP) is 2.28. The van der Waals surface area contributed by atoms with E-state index in [0.29, 0.717) is 37.7 Å². The van der Waals surface area contributed by atoms with Crippen molar-refractivity contribution in [1.29, 1.82) is 0 Å². The molecule has 2 fully saturated rings. The summed E-state index contributed by atoms with van der Waals surface area (Å²) < 4.78 is 6.89. The van der Waals surface area contributed by atoms with E-state index in [4.69, 9.17) is 4.74 Å². The van der Waals surface area contributed by atoms with E-state index in [1.807, 2.05) is 0 Å². The van der Waals surface area contributed by atoms with Crippen LogP contribution >= 0.6 is 11.8 Å². The fourth-order valence-electron chi connectivity index (χ4n) is 3.32. The third kappa shape index (κ3) is 4.37. The van der Waals surface area contributed by atoms with Crippen molar-refractivity contribution in [3.63, 3.8) is 0 Å². The van der Waals surface area contributed by atoms with E-state index < -0.39 is 16.1 Å². The number of non-ortho nitro benzene ring substituents is 1. The van der Waals surface area contributed by atoms with Crippen molar-refractivity contribution in [2.24, 2.45) is 0 Å². The minimum Gasteiger partial charge on any atom is -0.378 e. The maximum atomic E-state index is 12.8. The smallest absolute Gasteiger partial charge is 0.294 e. The molecule has 2 aromatic rings. The fourth-order valence-corrected chi connectivity index (χ4v) is 4.14.